The molecule has 1 N–H and O–H groups in total. The number of hydrogen-bond donors (Lipinski definition) is 1. The highest BCUT2D eigenvalue weighted by atomic mass is 79.9. The van der Waals surface area contributed by atoms with E-state index in [1.54, 1.807) is 11.8 Å². The van der Waals surface area contributed by atoms with Crippen molar-refractivity contribution in [2.45, 2.75) is 42.9 Å². The van der Waals surface area contributed by atoms with Crippen molar-refractivity contribution < 1.29 is 19.4 Å². The molecule has 35 heavy (non-hydrogen) atoms. The summed E-state index contributed by atoms with van der Waals surface area (Å²) in [5, 5.41) is 11.3. The number of piperidine rings is 1. The van der Waals surface area contributed by atoms with Crippen molar-refractivity contribution in [3.8, 4) is 5.75 Å². The van der Waals surface area contributed by atoms with Gasteiger partial charge in [-0.15, -0.1) is 11.8 Å². The number of carbonyl (C=O) groups excluding carboxylic acids is 1. The third kappa shape index (κ3) is 6.42. The molecule has 0 bridgehead atoms. The Morgan fingerprint density at radius 2 is 1.91 bits per heavy atom. The zero-order chi connectivity index (χ0) is 24.8. The van der Waals surface area contributed by atoms with Gasteiger partial charge in [-0.3, -0.25) is 0 Å². The normalized spacial score (nSPS) is 15.3. The minimum atomic E-state index is -0.575. The van der Waals surface area contributed by atoms with Gasteiger partial charge in [-0.25, -0.2) is 4.79 Å². The lowest BCUT2D eigenvalue weighted by molar-refractivity contribution is 0.0527. The predicted octanol–water partition coefficient (Wildman–Crippen LogP) is 5.64. The smallest absolute Gasteiger partial charge is 0.340 e. The van der Waals surface area contributed by atoms with Crippen LogP contribution < -0.4 is 4.74 Å². The van der Waals surface area contributed by atoms with Crippen LogP contribution in [-0.4, -0.2) is 59.5 Å². The first-order valence-corrected chi connectivity index (χ1v) is 13.9. The first kappa shape index (κ1) is 26.1. The number of carbonyl (C=O) groups is 1. The van der Waals surface area contributed by atoms with Crippen molar-refractivity contribution in [3.05, 3.63) is 58.2 Å². The van der Waals surface area contributed by atoms with Gasteiger partial charge >= 0.3 is 5.97 Å². The number of aromatic nitrogens is 1. The van der Waals surface area contributed by atoms with Crippen LogP contribution in [0.3, 0.4) is 0 Å². The fourth-order valence-corrected chi connectivity index (χ4v) is 5.98. The monoisotopic (exact) mass is 560 g/mol. The summed E-state index contributed by atoms with van der Waals surface area (Å²) in [5.74, 6) is 0.903. The van der Waals surface area contributed by atoms with E-state index in [0.717, 1.165) is 39.1 Å². The number of ether oxygens (including phenoxy) is 2. The van der Waals surface area contributed by atoms with Crippen LogP contribution in [0.5, 0.6) is 5.75 Å². The van der Waals surface area contributed by atoms with E-state index in [2.05, 4.69) is 37.5 Å². The summed E-state index contributed by atoms with van der Waals surface area (Å²) in [6.45, 7) is 4.99. The molecule has 8 heteroatoms. The van der Waals surface area contributed by atoms with Crippen LogP contribution in [0.1, 0.15) is 42.2 Å². The third-order valence-corrected chi connectivity index (χ3v) is 7.96. The van der Waals surface area contributed by atoms with Gasteiger partial charge in [0.15, 0.2) is 0 Å². The van der Waals surface area contributed by atoms with E-state index in [1.807, 2.05) is 44.3 Å². The Hall–Kier alpha value is -2.00. The van der Waals surface area contributed by atoms with Crippen LogP contribution >= 0.6 is 27.7 Å². The average Bonchev–Trinajstić information content (AvgIpc) is 3.13. The van der Waals surface area contributed by atoms with E-state index in [-0.39, 0.29) is 12.6 Å². The number of benzene rings is 2. The van der Waals surface area contributed by atoms with Crippen LogP contribution in [0.15, 0.2) is 51.8 Å². The fourth-order valence-electron chi connectivity index (χ4n) is 4.55. The van der Waals surface area contributed by atoms with Gasteiger partial charge in [0, 0.05) is 35.3 Å². The highest BCUT2D eigenvalue weighted by Crippen LogP contribution is 2.37. The van der Waals surface area contributed by atoms with Crippen LogP contribution in [-0.2, 0) is 17.5 Å². The summed E-state index contributed by atoms with van der Waals surface area (Å²) >= 11 is 5.31. The van der Waals surface area contributed by atoms with E-state index in [1.165, 1.54) is 19.3 Å². The molecule has 2 heterocycles. The molecule has 1 aliphatic heterocycles. The number of esters is 1. The quantitative estimate of drug-likeness (QED) is 0.256. The van der Waals surface area contributed by atoms with Gasteiger partial charge in [-0.2, -0.15) is 0 Å². The van der Waals surface area contributed by atoms with Crippen LogP contribution in [0.4, 0.5) is 0 Å². The number of fused-ring (bicyclic) bond motifs is 1. The maximum absolute atomic E-state index is 13.0. The van der Waals surface area contributed by atoms with Gasteiger partial charge in [-0.1, -0.05) is 24.6 Å². The second-order valence-corrected chi connectivity index (χ2v) is 10.7. The number of halogens is 1. The van der Waals surface area contributed by atoms with Crippen molar-refractivity contribution >= 4 is 44.6 Å². The summed E-state index contributed by atoms with van der Waals surface area (Å²) in [7, 11) is 1.97. The number of thioether (sulfide) groups is 1. The molecule has 1 aromatic heterocycles. The number of likely N-dealkylation sites (tertiary alicyclic amines) is 1. The molecule has 0 amide bonds. The topological polar surface area (TPSA) is 63.9 Å². The molecule has 0 saturated carbocycles. The van der Waals surface area contributed by atoms with Crippen LogP contribution in [0.2, 0.25) is 0 Å². The Bertz CT molecular complexity index is 1150. The van der Waals surface area contributed by atoms with Gasteiger partial charge in [0.1, 0.15) is 18.5 Å². The van der Waals surface area contributed by atoms with Crippen molar-refractivity contribution in [1.82, 2.24) is 9.47 Å². The van der Waals surface area contributed by atoms with E-state index >= 15 is 0 Å². The number of aryl methyl sites for hydroxylation is 1. The third-order valence-electron chi connectivity index (χ3n) is 6.32. The van der Waals surface area contributed by atoms with Gasteiger partial charge in [0.25, 0.3) is 0 Å². The zero-order valence-corrected chi connectivity index (χ0v) is 22.7. The van der Waals surface area contributed by atoms with Crippen molar-refractivity contribution in [3.63, 3.8) is 0 Å². The summed E-state index contributed by atoms with van der Waals surface area (Å²) in [4.78, 5) is 16.5. The van der Waals surface area contributed by atoms with Gasteiger partial charge in [0.2, 0.25) is 0 Å². The lowest BCUT2D eigenvalue weighted by atomic mass is 10.1. The molecular weight excluding hydrogens is 528 g/mol. The minimum absolute atomic E-state index is 0.193. The Morgan fingerprint density at radius 1 is 1.17 bits per heavy atom. The molecule has 1 atom stereocenters. The largest absolute Gasteiger partial charge is 0.490 e. The molecule has 4 rings (SSSR count). The minimum Gasteiger partial charge on any atom is -0.490 e. The Kier molecular flexibility index (Phi) is 9.16. The SMILES string of the molecule is CCOC(=O)c1c(CSc2ccccc2)n(C)c2cc(Br)c(OC[C@H](O)CN3CCCCC3)cc12. The Balaban J connectivity index is 1.58. The summed E-state index contributed by atoms with van der Waals surface area (Å²) in [5.41, 5.74) is 2.39. The molecule has 3 aromatic rings. The van der Waals surface area contributed by atoms with Crippen molar-refractivity contribution in [2.75, 3.05) is 32.8 Å². The van der Waals surface area contributed by atoms with Crippen LogP contribution in [0.25, 0.3) is 10.9 Å². The average molecular weight is 562 g/mol. The van der Waals surface area contributed by atoms with Gasteiger partial charge in [0.05, 0.1) is 22.2 Å². The van der Waals surface area contributed by atoms with Crippen molar-refractivity contribution in [1.29, 1.82) is 0 Å². The van der Waals surface area contributed by atoms with E-state index in [4.69, 9.17) is 9.47 Å². The Morgan fingerprint density at radius 3 is 2.63 bits per heavy atom. The predicted molar refractivity (Wildman–Crippen MR) is 144 cm³/mol. The lowest BCUT2D eigenvalue weighted by Crippen LogP contribution is -2.38. The molecule has 2 aromatic carbocycles. The second kappa shape index (κ2) is 12.3. The maximum atomic E-state index is 13.0. The van der Waals surface area contributed by atoms with Gasteiger partial charge < -0.3 is 24.0 Å². The van der Waals surface area contributed by atoms with E-state index < -0.39 is 6.10 Å². The number of aliphatic hydroxyl groups excluding tert-OH is 1. The fraction of sp³-hybridized carbons (Fsp3) is 0.444. The number of aliphatic hydroxyl groups is 1. The molecule has 1 aliphatic rings. The maximum Gasteiger partial charge on any atom is 0.340 e. The first-order chi connectivity index (χ1) is 17.0. The molecule has 188 valence electrons. The van der Waals surface area contributed by atoms with E-state index in [9.17, 15) is 9.90 Å². The second-order valence-electron chi connectivity index (χ2n) is 8.83. The summed E-state index contributed by atoms with van der Waals surface area (Å²) < 4.78 is 14.3. The summed E-state index contributed by atoms with van der Waals surface area (Å²) in [6, 6.07) is 14.0. The lowest BCUT2D eigenvalue weighted by Gasteiger charge is -2.28. The van der Waals surface area contributed by atoms with Gasteiger partial charge in [-0.05, 0) is 73.1 Å². The molecule has 6 nitrogen and oxygen atoms in total. The highest BCUT2D eigenvalue weighted by Gasteiger charge is 2.24. The molecule has 0 radical (unpaired) electrons. The molecule has 1 fully saturated rings. The standard InChI is InChI=1S/C27H33BrN2O4S/c1-3-33-27(32)26-21-14-25(34-17-19(31)16-30-12-8-5-9-13-30)22(28)15-23(21)29(2)24(26)18-35-20-10-6-4-7-11-20/h4,6-7,10-11,14-15,19,31H,3,5,8-9,12-13,16-18H2,1-2H3/t19-/m1/s1. The molecule has 0 unspecified atom stereocenters. The number of β-amino-alcohol motifs (C(OH)–C–C–N with tert-alkyl or cyclic N) is 1. The first-order valence-electron chi connectivity index (χ1n) is 12.2. The zero-order valence-electron chi connectivity index (χ0n) is 20.3. The number of hydrogen-bond acceptors (Lipinski definition) is 6. The molecular formula is C27H33BrN2O4S. The van der Waals surface area contributed by atoms with Crippen molar-refractivity contribution in [2.24, 2.45) is 7.05 Å². The highest BCUT2D eigenvalue weighted by molar-refractivity contribution is 9.10. The Labute approximate surface area is 219 Å². The van der Waals surface area contributed by atoms with Crippen LogP contribution in [0, 0.1) is 0 Å². The summed E-state index contributed by atoms with van der Waals surface area (Å²) in [6.07, 6.45) is 3.06. The molecule has 1 saturated heterocycles. The molecule has 0 spiro atoms. The molecule has 0 aliphatic carbocycles. The number of nitrogens with zero attached hydrogens (tertiary/aromatic N) is 2. The number of rotatable bonds is 10. The van der Waals surface area contributed by atoms with E-state index in [0.29, 0.717) is 30.2 Å².